The van der Waals surface area contributed by atoms with Gasteiger partial charge in [-0.1, -0.05) is 41.9 Å². The lowest BCUT2D eigenvalue weighted by Gasteiger charge is -2.25. The fraction of sp³-hybridized carbons (Fsp3) is 0.188. The van der Waals surface area contributed by atoms with Gasteiger partial charge in [0, 0.05) is 18.7 Å². The summed E-state index contributed by atoms with van der Waals surface area (Å²) in [5.41, 5.74) is 2.49. The molecule has 2 aromatic rings. The Kier molecular flexibility index (Phi) is 5.16. The Labute approximate surface area is 123 Å². The fourth-order valence-corrected chi connectivity index (χ4v) is 2.37. The van der Waals surface area contributed by atoms with Gasteiger partial charge in [-0.3, -0.25) is 4.79 Å². The van der Waals surface area contributed by atoms with Crippen molar-refractivity contribution in [1.82, 2.24) is 0 Å². The van der Waals surface area contributed by atoms with Crippen molar-refractivity contribution >= 4 is 23.6 Å². The largest absolute Gasteiger partial charge is 0.395 e. The number of hydrogen-bond acceptors (Lipinski definition) is 3. The monoisotopic (exact) mass is 289 g/mol. The number of hydrogen-bond donors (Lipinski definition) is 1. The summed E-state index contributed by atoms with van der Waals surface area (Å²) in [6.07, 6.45) is 0.767. The molecule has 0 atom stereocenters. The summed E-state index contributed by atoms with van der Waals surface area (Å²) in [5, 5.41) is 9.74. The molecule has 0 aliphatic heterocycles. The van der Waals surface area contributed by atoms with E-state index in [9.17, 15) is 9.90 Å². The molecule has 1 N–H and O–H groups in total. The molecular weight excluding hydrogens is 274 g/mol. The average Bonchev–Trinajstić information content (AvgIpc) is 2.48. The van der Waals surface area contributed by atoms with Crippen LogP contribution in [-0.2, 0) is 6.54 Å². The number of aliphatic hydroxyl groups is 1. The van der Waals surface area contributed by atoms with Crippen LogP contribution in [0.2, 0.25) is 5.02 Å². The lowest BCUT2D eigenvalue weighted by atomic mass is 10.1. The summed E-state index contributed by atoms with van der Waals surface area (Å²) in [6, 6.07) is 15.1. The van der Waals surface area contributed by atoms with Crippen molar-refractivity contribution in [3.05, 3.63) is 64.7 Å². The second-order valence-electron chi connectivity index (χ2n) is 4.46. The zero-order valence-electron chi connectivity index (χ0n) is 11.0. The molecule has 104 valence electrons. The lowest BCUT2D eigenvalue weighted by molar-refractivity contribution is 0.112. The first-order valence-electron chi connectivity index (χ1n) is 6.39. The van der Waals surface area contributed by atoms with Gasteiger partial charge in [-0.05, 0) is 23.8 Å². The number of carbonyl (C=O) groups excluding carboxylic acids is 1. The Bertz CT molecular complexity index is 572. The molecule has 4 heteroatoms. The third kappa shape index (κ3) is 3.59. The van der Waals surface area contributed by atoms with Crippen LogP contribution in [0, 0.1) is 0 Å². The van der Waals surface area contributed by atoms with Gasteiger partial charge in [0.1, 0.15) is 6.29 Å². The van der Waals surface area contributed by atoms with E-state index in [0.29, 0.717) is 23.7 Å². The van der Waals surface area contributed by atoms with Crippen molar-refractivity contribution < 1.29 is 9.90 Å². The quantitative estimate of drug-likeness (QED) is 0.831. The van der Waals surface area contributed by atoms with Gasteiger partial charge in [0.25, 0.3) is 0 Å². The molecule has 0 heterocycles. The second-order valence-corrected chi connectivity index (χ2v) is 4.87. The number of carbonyl (C=O) groups is 1. The third-order valence-corrected chi connectivity index (χ3v) is 3.34. The predicted octanol–water partition coefficient (Wildman–Crippen LogP) is 3.15. The van der Waals surface area contributed by atoms with Gasteiger partial charge in [-0.15, -0.1) is 0 Å². The molecule has 0 fully saturated rings. The highest BCUT2D eigenvalue weighted by molar-refractivity contribution is 6.33. The van der Waals surface area contributed by atoms with Crippen LogP contribution in [0.3, 0.4) is 0 Å². The van der Waals surface area contributed by atoms with Gasteiger partial charge < -0.3 is 10.0 Å². The van der Waals surface area contributed by atoms with Crippen LogP contribution in [0.25, 0.3) is 0 Å². The maximum Gasteiger partial charge on any atom is 0.150 e. The Morgan fingerprint density at radius 1 is 1.15 bits per heavy atom. The van der Waals surface area contributed by atoms with Gasteiger partial charge in [0.15, 0.2) is 0 Å². The minimum absolute atomic E-state index is 0.0403. The molecule has 0 aliphatic carbocycles. The number of aliphatic hydroxyl groups excluding tert-OH is 1. The number of rotatable bonds is 6. The Balaban J connectivity index is 2.26. The summed E-state index contributed by atoms with van der Waals surface area (Å²) in [5.74, 6) is 0. The first-order chi connectivity index (χ1) is 9.74. The Morgan fingerprint density at radius 3 is 2.50 bits per heavy atom. The summed E-state index contributed by atoms with van der Waals surface area (Å²) < 4.78 is 0. The molecule has 0 aliphatic rings. The minimum Gasteiger partial charge on any atom is -0.395 e. The van der Waals surface area contributed by atoms with Crippen LogP contribution in [0.4, 0.5) is 5.69 Å². The highest BCUT2D eigenvalue weighted by atomic mass is 35.5. The molecule has 0 saturated carbocycles. The highest BCUT2D eigenvalue weighted by Crippen LogP contribution is 2.27. The number of halogens is 1. The average molecular weight is 290 g/mol. The van der Waals surface area contributed by atoms with Crippen molar-refractivity contribution in [1.29, 1.82) is 0 Å². The minimum atomic E-state index is 0.0403. The standard InChI is InChI=1S/C16H16ClNO2/c17-15-10-14(12-20)6-7-16(15)18(8-9-19)11-13-4-2-1-3-5-13/h1-7,10,12,19H,8-9,11H2. The predicted molar refractivity (Wildman–Crippen MR) is 81.4 cm³/mol. The SMILES string of the molecule is O=Cc1ccc(N(CCO)Cc2ccccc2)c(Cl)c1. The second kappa shape index (κ2) is 7.08. The summed E-state index contributed by atoms with van der Waals surface area (Å²) in [7, 11) is 0. The number of aldehydes is 1. The summed E-state index contributed by atoms with van der Waals surface area (Å²) in [4.78, 5) is 12.7. The zero-order valence-corrected chi connectivity index (χ0v) is 11.8. The molecule has 0 bridgehead atoms. The van der Waals surface area contributed by atoms with Gasteiger partial charge in [-0.2, -0.15) is 0 Å². The van der Waals surface area contributed by atoms with Gasteiger partial charge in [0.2, 0.25) is 0 Å². The van der Waals surface area contributed by atoms with E-state index < -0.39 is 0 Å². The van der Waals surface area contributed by atoms with E-state index in [0.717, 1.165) is 17.5 Å². The van der Waals surface area contributed by atoms with Crippen LogP contribution in [0.1, 0.15) is 15.9 Å². The van der Waals surface area contributed by atoms with Crippen molar-refractivity contribution in [3.63, 3.8) is 0 Å². The summed E-state index contributed by atoms with van der Waals surface area (Å²) in [6.45, 7) is 1.18. The van der Waals surface area contributed by atoms with Crippen LogP contribution in [-0.4, -0.2) is 24.5 Å². The first-order valence-corrected chi connectivity index (χ1v) is 6.77. The molecule has 0 unspecified atom stereocenters. The van der Waals surface area contributed by atoms with Crippen molar-refractivity contribution in [2.45, 2.75) is 6.54 Å². The maximum absolute atomic E-state index is 10.7. The van der Waals surface area contributed by atoms with E-state index in [1.807, 2.05) is 41.3 Å². The van der Waals surface area contributed by atoms with Crippen LogP contribution >= 0.6 is 11.6 Å². The van der Waals surface area contributed by atoms with Crippen molar-refractivity contribution in [3.8, 4) is 0 Å². The molecule has 0 saturated heterocycles. The Hall–Kier alpha value is -1.84. The van der Waals surface area contributed by atoms with Gasteiger partial charge in [0.05, 0.1) is 17.3 Å². The van der Waals surface area contributed by atoms with E-state index in [1.165, 1.54) is 0 Å². The fourth-order valence-electron chi connectivity index (χ4n) is 2.06. The maximum atomic E-state index is 10.7. The normalized spacial score (nSPS) is 10.3. The topological polar surface area (TPSA) is 40.5 Å². The van der Waals surface area contributed by atoms with E-state index in [4.69, 9.17) is 11.6 Å². The van der Waals surface area contributed by atoms with E-state index >= 15 is 0 Å². The first kappa shape index (κ1) is 14.6. The van der Waals surface area contributed by atoms with Crippen molar-refractivity contribution in [2.75, 3.05) is 18.1 Å². The smallest absolute Gasteiger partial charge is 0.150 e. The highest BCUT2D eigenvalue weighted by Gasteiger charge is 2.11. The molecule has 0 aromatic heterocycles. The van der Waals surface area contributed by atoms with E-state index in [-0.39, 0.29) is 6.61 Å². The molecule has 3 nitrogen and oxygen atoms in total. The Morgan fingerprint density at radius 2 is 1.90 bits per heavy atom. The summed E-state index contributed by atoms with van der Waals surface area (Å²) >= 11 is 6.22. The molecule has 2 rings (SSSR count). The molecule has 0 amide bonds. The van der Waals surface area contributed by atoms with Crippen LogP contribution in [0.15, 0.2) is 48.5 Å². The number of nitrogens with zero attached hydrogens (tertiary/aromatic N) is 1. The van der Waals surface area contributed by atoms with Gasteiger partial charge >= 0.3 is 0 Å². The number of benzene rings is 2. The van der Waals surface area contributed by atoms with Crippen molar-refractivity contribution in [2.24, 2.45) is 0 Å². The van der Waals surface area contributed by atoms with E-state index in [1.54, 1.807) is 12.1 Å². The zero-order chi connectivity index (χ0) is 14.4. The lowest BCUT2D eigenvalue weighted by Crippen LogP contribution is -2.26. The molecular formula is C16H16ClNO2. The van der Waals surface area contributed by atoms with Crippen LogP contribution < -0.4 is 4.90 Å². The number of anilines is 1. The molecule has 20 heavy (non-hydrogen) atoms. The van der Waals surface area contributed by atoms with Crippen LogP contribution in [0.5, 0.6) is 0 Å². The third-order valence-electron chi connectivity index (χ3n) is 3.03. The molecule has 2 aromatic carbocycles. The molecule has 0 radical (unpaired) electrons. The van der Waals surface area contributed by atoms with E-state index in [2.05, 4.69) is 0 Å². The van der Waals surface area contributed by atoms with Gasteiger partial charge in [-0.25, -0.2) is 0 Å². The molecule has 0 spiro atoms.